The van der Waals surface area contributed by atoms with Crippen molar-refractivity contribution in [1.82, 2.24) is 4.90 Å². The number of hydrogen-bond acceptors (Lipinski definition) is 2. The molecule has 1 unspecified atom stereocenters. The molecule has 1 aromatic heterocycles. The molecule has 0 aliphatic carbocycles. The molecule has 0 bridgehead atoms. The molecule has 1 heterocycles. The lowest BCUT2D eigenvalue weighted by molar-refractivity contribution is 0.256. The number of hydrogen-bond donors (Lipinski definition) is 0. The summed E-state index contributed by atoms with van der Waals surface area (Å²) >= 11 is 1.83. The number of benzene rings is 1. The first-order valence-corrected chi connectivity index (χ1v) is 6.43. The van der Waals surface area contributed by atoms with Crippen LogP contribution >= 0.6 is 11.3 Å². The minimum absolute atomic E-state index is 0.486. The summed E-state index contributed by atoms with van der Waals surface area (Å²) in [7, 11) is 2.18. The van der Waals surface area contributed by atoms with E-state index < -0.39 is 0 Å². The maximum atomic E-state index is 2.38. The minimum atomic E-state index is 0.486. The summed E-state index contributed by atoms with van der Waals surface area (Å²) in [6, 6.07) is 15.4. The third kappa shape index (κ3) is 2.71. The molecule has 16 heavy (non-hydrogen) atoms. The van der Waals surface area contributed by atoms with Crippen molar-refractivity contribution >= 4 is 11.3 Å². The minimum Gasteiger partial charge on any atom is -0.295 e. The van der Waals surface area contributed by atoms with Crippen molar-refractivity contribution in [2.75, 3.05) is 7.05 Å². The van der Waals surface area contributed by atoms with Crippen molar-refractivity contribution in [3.05, 3.63) is 58.3 Å². The molecule has 0 saturated heterocycles. The molecule has 2 rings (SSSR count). The highest BCUT2D eigenvalue weighted by Crippen LogP contribution is 2.24. The average Bonchev–Trinajstić information content (AvgIpc) is 2.83. The molecule has 0 spiro atoms. The van der Waals surface area contributed by atoms with Crippen LogP contribution in [-0.4, -0.2) is 11.9 Å². The third-order valence-corrected chi connectivity index (χ3v) is 3.93. The Kier molecular flexibility index (Phi) is 3.75. The Balaban J connectivity index is 2.01. The van der Waals surface area contributed by atoms with Crippen molar-refractivity contribution in [2.24, 2.45) is 0 Å². The van der Waals surface area contributed by atoms with Gasteiger partial charge in [0.25, 0.3) is 0 Å². The molecule has 0 radical (unpaired) electrons. The van der Waals surface area contributed by atoms with Gasteiger partial charge in [0.1, 0.15) is 0 Å². The van der Waals surface area contributed by atoms with Crippen molar-refractivity contribution in [1.29, 1.82) is 0 Å². The predicted octanol–water partition coefficient (Wildman–Crippen LogP) is 3.94. The van der Waals surface area contributed by atoms with E-state index in [0.29, 0.717) is 6.04 Å². The van der Waals surface area contributed by atoms with E-state index in [2.05, 4.69) is 66.7 Å². The van der Waals surface area contributed by atoms with Crippen molar-refractivity contribution in [3.63, 3.8) is 0 Å². The van der Waals surface area contributed by atoms with Gasteiger partial charge in [0.05, 0.1) is 0 Å². The smallest absolute Gasteiger partial charge is 0.0413 e. The van der Waals surface area contributed by atoms with E-state index in [0.717, 1.165) is 6.54 Å². The molecular formula is C14H17NS. The topological polar surface area (TPSA) is 3.24 Å². The fourth-order valence-corrected chi connectivity index (χ4v) is 2.60. The normalized spacial score (nSPS) is 12.9. The van der Waals surface area contributed by atoms with Gasteiger partial charge in [-0.05, 0) is 31.0 Å². The zero-order valence-corrected chi connectivity index (χ0v) is 10.6. The summed E-state index contributed by atoms with van der Waals surface area (Å²) in [6.07, 6.45) is 0. The highest BCUT2D eigenvalue weighted by atomic mass is 32.1. The van der Waals surface area contributed by atoms with Crippen LogP contribution in [0.3, 0.4) is 0 Å². The highest BCUT2D eigenvalue weighted by molar-refractivity contribution is 7.10. The second-order valence-corrected chi connectivity index (χ2v) is 5.07. The van der Waals surface area contributed by atoms with Gasteiger partial charge in [0, 0.05) is 17.5 Å². The number of rotatable bonds is 4. The molecule has 2 aromatic rings. The van der Waals surface area contributed by atoms with Crippen LogP contribution in [0, 0.1) is 0 Å². The number of thiophene rings is 1. The van der Waals surface area contributed by atoms with Crippen LogP contribution < -0.4 is 0 Å². The fourth-order valence-electron chi connectivity index (χ4n) is 1.75. The lowest BCUT2D eigenvalue weighted by Crippen LogP contribution is -2.21. The second kappa shape index (κ2) is 5.28. The monoisotopic (exact) mass is 231 g/mol. The molecule has 0 aliphatic heterocycles. The van der Waals surface area contributed by atoms with Gasteiger partial charge < -0.3 is 0 Å². The van der Waals surface area contributed by atoms with E-state index in [-0.39, 0.29) is 0 Å². The standard InChI is InChI=1S/C14H17NS/c1-12(14-9-6-10-16-14)15(2)11-13-7-4-3-5-8-13/h3-10,12H,11H2,1-2H3. The molecule has 0 N–H and O–H groups in total. The predicted molar refractivity (Wildman–Crippen MR) is 70.6 cm³/mol. The Morgan fingerprint density at radius 2 is 1.88 bits per heavy atom. The summed E-state index contributed by atoms with van der Waals surface area (Å²) in [6.45, 7) is 3.26. The van der Waals surface area contributed by atoms with Crippen LogP contribution in [0.25, 0.3) is 0 Å². The van der Waals surface area contributed by atoms with Crippen LogP contribution in [-0.2, 0) is 6.54 Å². The lowest BCUT2D eigenvalue weighted by Gasteiger charge is -2.23. The maximum Gasteiger partial charge on any atom is 0.0413 e. The molecule has 1 nitrogen and oxygen atoms in total. The Morgan fingerprint density at radius 1 is 1.12 bits per heavy atom. The molecule has 0 fully saturated rings. The first kappa shape index (κ1) is 11.4. The van der Waals surface area contributed by atoms with Crippen LogP contribution in [0.2, 0.25) is 0 Å². The summed E-state index contributed by atoms with van der Waals surface area (Å²) in [5.41, 5.74) is 1.37. The first-order valence-electron chi connectivity index (χ1n) is 5.55. The molecule has 0 aliphatic rings. The van der Waals surface area contributed by atoms with Gasteiger partial charge in [0.2, 0.25) is 0 Å². The maximum absolute atomic E-state index is 2.38. The van der Waals surface area contributed by atoms with E-state index in [1.165, 1.54) is 10.4 Å². The Labute approximate surface area is 101 Å². The lowest BCUT2D eigenvalue weighted by atomic mass is 10.2. The summed E-state index contributed by atoms with van der Waals surface area (Å²) in [4.78, 5) is 3.81. The van der Waals surface area contributed by atoms with Crippen molar-refractivity contribution in [3.8, 4) is 0 Å². The molecular weight excluding hydrogens is 214 g/mol. The van der Waals surface area contributed by atoms with Crippen LogP contribution in [0.1, 0.15) is 23.4 Å². The van der Waals surface area contributed by atoms with Gasteiger partial charge in [-0.2, -0.15) is 0 Å². The fraction of sp³-hybridized carbons (Fsp3) is 0.286. The average molecular weight is 231 g/mol. The van der Waals surface area contributed by atoms with Gasteiger partial charge in [-0.1, -0.05) is 36.4 Å². The quantitative estimate of drug-likeness (QED) is 0.770. The second-order valence-electron chi connectivity index (χ2n) is 4.09. The van der Waals surface area contributed by atoms with E-state index in [9.17, 15) is 0 Å². The molecule has 1 aromatic carbocycles. The molecule has 84 valence electrons. The van der Waals surface area contributed by atoms with E-state index >= 15 is 0 Å². The Bertz CT molecular complexity index is 408. The number of nitrogens with zero attached hydrogens (tertiary/aromatic N) is 1. The Morgan fingerprint density at radius 3 is 2.50 bits per heavy atom. The largest absolute Gasteiger partial charge is 0.295 e. The van der Waals surface area contributed by atoms with Gasteiger partial charge >= 0.3 is 0 Å². The Hall–Kier alpha value is -1.12. The first-order chi connectivity index (χ1) is 7.77. The molecule has 2 heteroatoms. The van der Waals surface area contributed by atoms with Gasteiger partial charge in [-0.25, -0.2) is 0 Å². The van der Waals surface area contributed by atoms with Crippen molar-refractivity contribution in [2.45, 2.75) is 19.5 Å². The van der Waals surface area contributed by atoms with Gasteiger partial charge in [-0.3, -0.25) is 4.90 Å². The highest BCUT2D eigenvalue weighted by Gasteiger charge is 2.12. The molecule has 1 atom stereocenters. The SMILES string of the molecule is CC(c1cccs1)N(C)Cc1ccccc1. The van der Waals surface area contributed by atoms with E-state index in [1.54, 1.807) is 0 Å². The zero-order chi connectivity index (χ0) is 11.4. The van der Waals surface area contributed by atoms with E-state index in [1.807, 2.05) is 11.3 Å². The molecule has 0 saturated carbocycles. The van der Waals surface area contributed by atoms with Gasteiger partial charge in [-0.15, -0.1) is 11.3 Å². The van der Waals surface area contributed by atoms with Crippen LogP contribution in [0.5, 0.6) is 0 Å². The summed E-state index contributed by atoms with van der Waals surface area (Å²) in [5, 5.41) is 2.14. The van der Waals surface area contributed by atoms with Gasteiger partial charge in [0.15, 0.2) is 0 Å². The zero-order valence-electron chi connectivity index (χ0n) is 9.76. The van der Waals surface area contributed by atoms with Crippen LogP contribution in [0.4, 0.5) is 0 Å². The molecule has 0 amide bonds. The van der Waals surface area contributed by atoms with E-state index in [4.69, 9.17) is 0 Å². The summed E-state index contributed by atoms with van der Waals surface area (Å²) in [5.74, 6) is 0. The summed E-state index contributed by atoms with van der Waals surface area (Å²) < 4.78 is 0. The van der Waals surface area contributed by atoms with Crippen LogP contribution in [0.15, 0.2) is 47.8 Å². The third-order valence-electron chi connectivity index (χ3n) is 2.89. The van der Waals surface area contributed by atoms with Crippen molar-refractivity contribution < 1.29 is 0 Å².